The van der Waals surface area contributed by atoms with Gasteiger partial charge in [-0.3, -0.25) is 24.0 Å². The number of benzene rings is 2. The first-order valence-electron chi connectivity index (χ1n) is 18.5. The molecule has 0 aromatic heterocycles. The van der Waals surface area contributed by atoms with E-state index < -0.39 is 40.7 Å². The Bertz CT molecular complexity index is 1760. The van der Waals surface area contributed by atoms with E-state index in [-0.39, 0.29) is 48.8 Å². The van der Waals surface area contributed by atoms with Crippen LogP contribution in [0.25, 0.3) is 0 Å². The monoisotopic (exact) mass is 712 g/mol. The summed E-state index contributed by atoms with van der Waals surface area (Å²) in [6.45, 7) is 9.71. The van der Waals surface area contributed by atoms with Crippen LogP contribution in [0.1, 0.15) is 93.9 Å². The zero-order valence-electron chi connectivity index (χ0n) is 31.4. The van der Waals surface area contributed by atoms with Gasteiger partial charge in [0.2, 0.25) is 17.6 Å². The number of nitrogens with one attached hydrogen (secondary N) is 2. The number of Topliss-reactive ketones (excluding diaryl/α,β-unsaturated/α-hetero) is 2. The first-order valence-corrected chi connectivity index (χ1v) is 18.5. The molecule has 1 saturated heterocycles. The van der Waals surface area contributed by atoms with Crippen molar-refractivity contribution < 1.29 is 33.5 Å². The maximum Gasteiger partial charge on any atom is 0.287 e. The number of amides is 3. The maximum absolute atomic E-state index is 14.8. The van der Waals surface area contributed by atoms with E-state index in [9.17, 15) is 24.0 Å². The Morgan fingerprint density at radius 2 is 1.73 bits per heavy atom. The van der Waals surface area contributed by atoms with Crippen molar-refractivity contribution in [1.82, 2.24) is 15.5 Å². The van der Waals surface area contributed by atoms with Crippen LogP contribution in [0.3, 0.4) is 0 Å². The Morgan fingerprint density at radius 1 is 1.06 bits per heavy atom. The molecule has 52 heavy (non-hydrogen) atoms. The van der Waals surface area contributed by atoms with Gasteiger partial charge in [0.15, 0.2) is 11.4 Å². The van der Waals surface area contributed by atoms with Gasteiger partial charge < -0.3 is 25.1 Å². The lowest BCUT2D eigenvalue weighted by atomic mass is 9.84. The van der Waals surface area contributed by atoms with Crippen molar-refractivity contribution in [3.63, 3.8) is 0 Å². The van der Waals surface area contributed by atoms with E-state index >= 15 is 0 Å². The number of carbonyl (C=O) groups is 5. The third-order valence-electron chi connectivity index (χ3n) is 11.2. The van der Waals surface area contributed by atoms with Gasteiger partial charge in [-0.25, -0.2) is 0 Å². The predicted octanol–water partition coefficient (Wildman–Crippen LogP) is 4.80. The van der Waals surface area contributed by atoms with E-state index in [0.717, 1.165) is 40.8 Å². The summed E-state index contributed by atoms with van der Waals surface area (Å²) in [5.41, 5.74) is 2.91. The summed E-state index contributed by atoms with van der Waals surface area (Å²) in [7, 11) is 3.04. The molecule has 2 aliphatic heterocycles. The highest BCUT2D eigenvalue weighted by atomic mass is 16.7. The van der Waals surface area contributed by atoms with Gasteiger partial charge in [0.25, 0.3) is 5.91 Å². The highest BCUT2D eigenvalue weighted by Gasteiger charge is 2.56. The number of methoxy groups -OCH3 is 1. The van der Waals surface area contributed by atoms with Crippen LogP contribution in [0.15, 0.2) is 47.6 Å². The Labute approximate surface area is 306 Å². The predicted molar refractivity (Wildman–Crippen MR) is 196 cm³/mol. The Morgan fingerprint density at radius 3 is 2.33 bits per heavy atom. The summed E-state index contributed by atoms with van der Waals surface area (Å²) in [5, 5.41) is 9.99. The molecule has 1 unspecified atom stereocenters. The van der Waals surface area contributed by atoms with Crippen molar-refractivity contribution in [2.75, 3.05) is 20.7 Å². The second kappa shape index (κ2) is 14.5. The minimum atomic E-state index is -0.981. The Balaban J connectivity index is 1.27. The van der Waals surface area contributed by atoms with Crippen LogP contribution in [0.4, 0.5) is 0 Å². The number of ketones is 2. The number of rotatable bonds is 13. The molecule has 2 saturated carbocycles. The first kappa shape index (κ1) is 37.2. The summed E-state index contributed by atoms with van der Waals surface area (Å²) in [6, 6.07) is 12.0. The summed E-state index contributed by atoms with van der Waals surface area (Å²) in [5.74, 6) is -2.03. The number of carbonyl (C=O) groups excluding carboxylic acids is 5. The molecule has 278 valence electrons. The van der Waals surface area contributed by atoms with Crippen LogP contribution in [-0.4, -0.2) is 78.3 Å². The standard InChI is InChI=1S/C41H52N4O7/c1-23-15-27(16-24(2)35(23)51-7)31-20-41(52-44-31)21-32(33(46)18-28(17-25-13-14-25)34(47)38(49)42-6)45(22-41)39(50)36(40(3,4)5)43-37(48)30-19-29(30)26-11-9-8-10-12-26/h8-12,15-16,25,28-30,32,36H,13-14,17-22H2,1-7H3,(H,42,49)(H,43,48)/t28-,29?,30+,32+,36-,41-/m1/s1. The minimum Gasteiger partial charge on any atom is -0.496 e. The lowest BCUT2D eigenvalue weighted by Crippen LogP contribution is -2.57. The average Bonchev–Trinajstić information content (AvgIpc) is 4.03. The van der Waals surface area contributed by atoms with Crippen molar-refractivity contribution in [2.45, 2.75) is 103 Å². The number of aryl methyl sites for hydroxylation is 2. The fourth-order valence-electron chi connectivity index (χ4n) is 8.12. The van der Waals surface area contributed by atoms with E-state index in [4.69, 9.17) is 9.57 Å². The van der Waals surface area contributed by atoms with E-state index in [1.807, 2.05) is 77.1 Å². The molecular weight excluding hydrogens is 660 g/mol. The average molecular weight is 713 g/mol. The molecule has 2 heterocycles. The van der Waals surface area contributed by atoms with Gasteiger partial charge in [0.05, 0.1) is 25.4 Å². The molecule has 2 aliphatic carbocycles. The molecule has 11 heteroatoms. The minimum absolute atomic E-state index is 0.0819. The largest absolute Gasteiger partial charge is 0.496 e. The van der Waals surface area contributed by atoms with Gasteiger partial charge in [-0.05, 0) is 72.8 Å². The molecule has 11 nitrogen and oxygen atoms in total. The van der Waals surface area contributed by atoms with Gasteiger partial charge in [-0.1, -0.05) is 69.1 Å². The summed E-state index contributed by atoms with van der Waals surface area (Å²) in [6.07, 6.45) is 3.45. The SMILES string of the molecule is CNC(=O)C(=O)[C@@H](CC(=O)[C@@H]1C[C@]2(CC(c3cc(C)c(OC)c(C)c3)=NO2)CN1C(=O)[C@@H](NC(=O)[C@H]1CC1c1ccccc1)C(C)(C)C)CC1CC1. The fourth-order valence-corrected chi connectivity index (χ4v) is 8.12. The number of ether oxygens (including phenoxy) is 1. The van der Waals surface area contributed by atoms with Crippen LogP contribution >= 0.6 is 0 Å². The number of nitrogens with zero attached hydrogens (tertiary/aromatic N) is 2. The van der Waals surface area contributed by atoms with Crippen molar-refractivity contribution in [3.05, 3.63) is 64.7 Å². The molecule has 0 bridgehead atoms. The lowest BCUT2D eigenvalue weighted by molar-refractivity contribution is -0.145. The van der Waals surface area contributed by atoms with Gasteiger partial charge in [0.1, 0.15) is 11.8 Å². The summed E-state index contributed by atoms with van der Waals surface area (Å²) in [4.78, 5) is 76.2. The van der Waals surface area contributed by atoms with Gasteiger partial charge >= 0.3 is 0 Å². The van der Waals surface area contributed by atoms with E-state index in [0.29, 0.717) is 30.9 Å². The molecule has 0 radical (unpaired) electrons. The summed E-state index contributed by atoms with van der Waals surface area (Å²) >= 11 is 0. The highest BCUT2D eigenvalue weighted by molar-refractivity contribution is 6.37. The van der Waals surface area contributed by atoms with Gasteiger partial charge in [-0.15, -0.1) is 0 Å². The third kappa shape index (κ3) is 7.78. The van der Waals surface area contributed by atoms with Crippen molar-refractivity contribution in [3.8, 4) is 5.75 Å². The molecule has 6 atom stereocenters. The van der Waals surface area contributed by atoms with Crippen molar-refractivity contribution in [2.24, 2.45) is 28.3 Å². The normalized spacial score (nSPS) is 24.8. The van der Waals surface area contributed by atoms with Crippen molar-refractivity contribution in [1.29, 1.82) is 0 Å². The van der Waals surface area contributed by atoms with Crippen LogP contribution in [-0.2, 0) is 28.8 Å². The van der Waals surface area contributed by atoms with E-state index in [2.05, 4.69) is 15.8 Å². The molecule has 1 spiro atoms. The van der Waals surface area contributed by atoms with Gasteiger partial charge in [-0.2, -0.15) is 0 Å². The van der Waals surface area contributed by atoms with E-state index in [1.165, 1.54) is 7.05 Å². The zero-order valence-corrected chi connectivity index (χ0v) is 31.4. The molecule has 2 aromatic rings. The topological polar surface area (TPSA) is 143 Å². The molecule has 3 amide bonds. The van der Waals surface area contributed by atoms with Crippen LogP contribution in [0.2, 0.25) is 0 Å². The highest BCUT2D eigenvalue weighted by Crippen LogP contribution is 2.48. The fraction of sp³-hybridized carbons (Fsp3) is 0.561. The quantitative estimate of drug-likeness (QED) is 0.284. The first-order chi connectivity index (χ1) is 24.6. The molecule has 6 rings (SSSR count). The Hall–Kier alpha value is -4.54. The van der Waals surface area contributed by atoms with E-state index in [1.54, 1.807) is 12.0 Å². The Kier molecular flexibility index (Phi) is 10.4. The van der Waals surface area contributed by atoms with Crippen LogP contribution in [0, 0.1) is 37.0 Å². The zero-order chi connectivity index (χ0) is 37.5. The number of hydrogen-bond donors (Lipinski definition) is 2. The number of hydrogen-bond acceptors (Lipinski definition) is 8. The second-order valence-corrected chi connectivity index (χ2v) is 16.5. The molecule has 2 N–H and O–H groups in total. The van der Waals surface area contributed by atoms with Crippen LogP contribution < -0.4 is 15.4 Å². The maximum atomic E-state index is 14.8. The number of likely N-dealkylation sites (N-methyl/N-ethyl adjacent to an activating group) is 1. The smallest absolute Gasteiger partial charge is 0.287 e. The molecular formula is C41H52N4O7. The molecule has 3 fully saturated rings. The van der Waals surface area contributed by atoms with Crippen molar-refractivity contribution >= 4 is 35.0 Å². The number of likely N-dealkylation sites (tertiary alicyclic amines) is 1. The second-order valence-electron chi connectivity index (χ2n) is 16.5. The molecule has 4 aliphatic rings. The molecule has 2 aromatic carbocycles. The lowest BCUT2D eigenvalue weighted by Gasteiger charge is -2.35. The van der Waals surface area contributed by atoms with Crippen LogP contribution in [0.5, 0.6) is 5.75 Å². The van der Waals surface area contributed by atoms with Gasteiger partial charge in [0, 0.05) is 43.7 Å². The number of oxime groups is 1. The third-order valence-corrected chi connectivity index (χ3v) is 11.2. The summed E-state index contributed by atoms with van der Waals surface area (Å²) < 4.78 is 5.56.